The predicted octanol–water partition coefficient (Wildman–Crippen LogP) is 4.12. The third-order valence-corrected chi connectivity index (χ3v) is 3.06. The minimum atomic E-state index is -4.35. The Labute approximate surface area is 112 Å². The Morgan fingerprint density at radius 3 is 2.18 bits per heavy atom. The second-order valence-corrected chi connectivity index (χ2v) is 4.29. The zero-order valence-electron chi connectivity index (χ0n) is 10.2. The maximum atomic E-state index is 12.6. The van der Waals surface area contributed by atoms with Crippen LogP contribution in [0.1, 0.15) is 25.1 Å². The lowest BCUT2D eigenvalue weighted by molar-refractivity contribution is -0.142. The number of hydrogen-bond acceptors (Lipinski definition) is 2. The number of nitrogens with zero attached hydrogens (tertiary/aromatic N) is 2. The SMILES string of the molecule is CBr.CCSc1c(CC)c(C(F)(F)F)nn1C. The molecule has 0 saturated heterocycles. The van der Waals surface area contributed by atoms with E-state index >= 15 is 0 Å². The molecule has 0 radical (unpaired) electrons. The van der Waals surface area contributed by atoms with Gasteiger partial charge in [0.15, 0.2) is 5.69 Å². The zero-order chi connectivity index (χ0) is 13.6. The second kappa shape index (κ2) is 7.31. The number of halogens is 4. The fourth-order valence-electron chi connectivity index (χ4n) is 1.42. The Morgan fingerprint density at radius 2 is 1.82 bits per heavy atom. The highest BCUT2D eigenvalue weighted by Gasteiger charge is 2.38. The molecule has 7 heteroatoms. The van der Waals surface area contributed by atoms with E-state index in [9.17, 15) is 13.2 Å². The lowest BCUT2D eigenvalue weighted by atomic mass is 10.2. The summed E-state index contributed by atoms with van der Waals surface area (Å²) in [5.41, 5.74) is -0.444. The summed E-state index contributed by atoms with van der Waals surface area (Å²) in [5.74, 6) is 2.55. The number of alkyl halides is 4. The summed E-state index contributed by atoms with van der Waals surface area (Å²) in [4.78, 5) is 0. The fraction of sp³-hybridized carbons (Fsp3) is 0.700. The molecule has 0 saturated carbocycles. The molecule has 0 atom stereocenters. The van der Waals surface area contributed by atoms with Crippen LogP contribution in [0.4, 0.5) is 13.2 Å². The van der Waals surface area contributed by atoms with Crippen LogP contribution >= 0.6 is 27.7 Å². The molecule has 0 aromatic carbocycles. The van der Waals surface area contributed by atoms with E-state index in [1.165, 1.54) is 16.4 Å². The first-order valence-corrected chi connectivity index (χ1v) is 7.62. The van der Waals surface area contributed by atoms with Crippen molar-refractivity contribution in [2.45, 2.75) is 31.5 Å². The van der Waals surface area contributed by atoms with Gasteiger partial charge >= 0.3 is 6.18 Å². The summed E-state index contributed by atoms with van der Waals surface area (Å²) in [6, 6.07) is 0. The highest BCUT2D eigenvalue weighted by molar-refractivity contribution is 9.08. The molecular formula is C10H16BrF3N2S. The van der Waals surface area contributed by atoms with Crippen molar-refractivity contribution >= 4 is 27.7 Å². The van der Waals surface area contributed by atoms with Gasteiger partial charge < -0.3 is 0 Å². The first kappa shape index (κ1) is 16.8. The zero-order valence-corrected chi connectivity index (χ0v) is 12.6. The minimum absolute atomic E-state index is 0.303. The van der Waals surface area contributed by atoms with Crippen LogP contribution in [0.5, 0.6) is 0 Å². The van der Waals surface area contributed by atoms with Gasteiger partial charge in [-0.25, -0.2) is 0 Å². The number of aryl methyl sites for hydroxylation is 1. The molecule has 0 aliphatic carbocycles. The molecule has 1 heterocycles. The van der Waals surface area contributed by atoms with Crippen molar-refractivity contribution < 1.29 is 13.2 Å². The molecule has 17 heavy (non-hydrogen) atoms. The van der Waals surface area contributed by atoms with Crippen molar-refractivity contribution in [2.24, 2.45) is 7.05 Å². The molecule has 0 bridgehead atoms. The molecule has 0 unspecified atom stereocenters. The van der Waals surface area contributed by atoms with Crippen molar-refractivity contribution in [3.05, 3.63) is 11.3 Å². The molecule has 0 aliphatic heterocycles. The van der Waals surface area contributed by atoms with E-state index in [4.69, 9.17) is 0 Å². The van der Waals surface area contributed by atoms with Crippen LogP contribution in [0.15, 0.2) is 5.03 Å². The number of rotatable bonds is 3. The van der Waals surface area contributed by atoms with Crippen LogP contribution in [-0.2, 0) is 19.6 Å². The predicted molar refractivity (Wildman–Crippen MR) is 68.8 cm³/mol. The Balaban J connectivity index is 0.00000121. The maximum Gasteiger partial charge on any atom is 0.435 e. The summed E-state index contributed by atoms with van der Waals surface area (Å²) in [5, 5.41) is 4.16. The standard InChI is InChI=1S/C9H13F3N2S.CH3Br/c1-4-6-7(9(10,11)12)13-14(3)8(6)15-5-2;1-2/h4-5H2,1-3H3;1H3. The van der Waals surface area contributed by atoms with Gasteiger partial charge in [-0.15, -0.1) is 11.8 Å². The Morgan fingerprint density at radius 1 is 1.29 bits per heavy atom. The van der Waals surface area contributed by atoms with E-state index in [0.717, 1.165) is 5.75 Å². The molecule has 0 aliphatic rings. The smallest absolute Gasteiger partial charge is 0.261 e. The van der Waals surface area contributed by atoms with Crippen LogP contribution in [0.2, 0.25) is 0 Å². The maximum absolute atomic E-state index is 12.6. The Kier molecular flexibility index (Phi) is 7.23. The van der Waals surface area contributed by atoms with E-state index in [2.05, 4.69) is 21.0 Å². The Hall–Kier alpha value is -0.170. The highest BCUT2D eigenvalue weighted by atomic mass is 79.9. The monoisotopic (exact) mass is 332 g/mol. The molecular weight excluding hydrogens is 317 g/mol. The molecule has 2 nitrogen and oxygen atoms in total. The lowest BCUT2D eigenvalue weighted by Gasteiger charge is -2.05. The highest BCUT2D eigenvalue weighted by Crippen LogP contribution is 2.35. The van der Waals surface area contributed by atoms with Gasteiger partial charge in [-0.1, -0.05) is 29.8 Å². The average molecular weight is 333 g/mol. The summed E-state index contributed by atoms with van der Waals surface area (Å²) < 4.78 is 39.1. The van der Waals surface area contributed by atoms with Gasteiger partial charge in [0.2, 0.25) is 0 Å². The summed E-state index contributed by atoms with van der Waals surface area (Å²) >= 11 is 4.33. The third kappa shape index (κ3) is 4.21. The van der Waals surface area contributed by atoms with Crippen molar-refractivity contribution in [2.75, 3.05) is 11.6 Å². The van der Waals surface area contributed by atoms with Gasteiger partial charge in [0, 0.05) is 12.6 Å². The molecule has 1 aromatic rings. The van der Waals surface area contributed by atoms with Crippen LogP contribution in [0.3, 0.4) is 0 Å². The van der Waals surface area contributed by atoms with Gasteiger partial charge in [-0.3, -0.25) is 4.68 Å². The van der Waals surface area contributed by atoms with Gasteiger partial charge in [0.25, 0.3) is 0 Å². The molecule has 0 fully saturated rings. The summed E-state index contributed by atoms with van der Waals surface area (Å²) in [6.07, 6.45) is -4.00. The van der Waals surface area contributed by atoms with Crippen LogP contribution in [0, 0.1) is 0 Å². The van der Waals surface area contributed by atoms with E-state index in [1.54, 1.807) is 14.0 Å². The number of hydrogen-bond donors (Lipinski definition) is 0. The Bertz CT molecular complexity index is 350. The van der Waals surface area contributed by atoms with Crippen molar-refractivity contribution in [1.29, 1.82) is 0 Å². The van der Waals surface area contributed by atoms with Gasteiger partial charge in [-0.05, 0) is 18.0 Å². The number of thioether (sulfide) groups is 1. The summed E-state index contributed by atoms with van der Waals surface area (Å²) in [6.45, 7) is 3.62. The normalized spacial score (nSPS) is 11.1. The topological polar surface area (TPSA) is 17.8 Å². The number of aromatic nitrogens is 2. The van der Waals surface area contributed by atoms with Crippen molar-refractivity contribution in [3.8, 4) is 0 Å². The average Bonchev–Trinajstić information content (AvgIpc) is 2.59. The fourth-order valence-corrected chi connectivity index (χ4v) is 2.33. The summed E-state index contributed by atoms with van der Waals surface area (Å²) in [7, 11) is 1.55. The van der Waals surface area contributed by atoms with Crippen LogP contribution < -0.4 is 0 Å². The van der Waals surface area contributed by atoms with E-state index in [1.807, 2.05) is 12.8 Å². The second-order valence-electron chi connectivity index (χ2n) is 3.04. The first-order valence-electron chi connectivity index (χ1n) is 5.05. The van der Waals surface area contributed by atoms with Gasteiger partial charge in [-0.2, -0.15) is 18.3 Å². The van der Waals surface area contributed by atoms with Crippen molar-refractivity contribution in [1.82, 2.24) is 9.78 Å². The van der Waals surface area contributed by atoms with Crippen LogP contribution in [0.25, 0.3) is 0 Å². The van der Waals surface area contributed by atoms with Crippen molar-refractivity contribution in [3.63, 3.8) is 0 Å². The van der Waals surface area contributed by atoms with E-state index in [-0.39, 0.29) is 0 Å². The molecule has 0 spiro atoms. The third-order valence-electron chi connectivity index (χ3n) is 1.99. The largest absolute Gasteiger partial charge is 0.435 e. The lowest BCUT2D eigenvalue weighted by Crippen LogP contribution is -2.09. The molecule has 1 aromatic heterocycles. The molecule has 100 valence electrons. The van der Waals surface area contributed by atoms with E-state index in [0.29, 0.717) is 17.0 Å². The van der Waals surface area contributed by atoms with Gasteiger partial charge in [0.1, 0.15) is 0 Å². The minimum Gasteiger partial charge on any atom is -0.261 e. The quantitative estimate of drug-likeness (QED) is 0.612. The first-order chi connectivity index (χ1) is 7.91. The molecule has 1 rings (SSSR count). The molecule has 0 amide bonds. The van der Waals surface area contributed by atoms with Gasteiger partial charge in [0.05, 0.1) is 5.03 Å². The van der Waals surface area contributed by atoms with E-state index < -0.39 is 11.9 Å². The van der Waals surface area contributed by atoms with Crippen LogP contribution in [-0.4, -0.2) is 21.4 Å². The molecule has 0 N–H and O–H groups in total.